The van der Waals surface area contributed by atoms with Crippen LogP contribution in [0.3, 0.4) is 0 Å². The van der Waals surface area contributed by atoms with Crippen molar-refractivity contribution < 1.29 is 58.6 Å². The molecule has 0 aromatic heterocycles. The van der Waals surface area contributed by atoms with Crippen LogP contribution in [0.2, 0.25) is 0 Å². The fourth-order valence-electron chi connectivity index (χ4n) is 13.3. The van der Waals surface area contributed by atoms with Crippen molar-refractivity contribution >= 4 is 23.9 Å². The van der Waals surface area contributed by atoms with E-state index in [-0.39, 0.29) is 103 Å². The van der Waals surface area contributed by atoms with Gasteiger partial charge in [-0.15, -0.1) is 0 Å². The van der Waals surface area contributed by atoms with Gasteiger partial charge in [-0.05, 0) is 160 Å². The van der Waals surface area contributed by atoms with Crippen molar-refractivity contribution in [3.8, 4) is 0 Å². The zero-order valence-corrected chi connectivity index (χ0v) is 44.7. The van der Waals surface area contributed by atoms with Gasteiger partial charge < -0.3 is 39.4 Å². The fraction of sp³-hybridized carbons (Fsp3) is 0.925. The number of carbonyl (C=O) groups excluding carboxylic acids is 3. The lowest BCUT2D eigenvalue weighted by atomic mass is 9.43. The lowest BCUT2D eigenvalue weighted by Crippen LogP contribution is -2.62. The Hall–Kier alpha value is -2.44. The molecule has 69 heavy (non-hydrogen) atoms. The third-order valence-electron chi connectivity index (χ3n) is 16.6. The third-order valence-corrected chi connectivity index (χ3v) is 16.6. The average molecular weight is 979 g/mol. The highest BCUT2D eigenvalue weighted by Crippen LogP contribution is 2.68. The molecule has 16 nitrogen and oxygen atoms in total. The molecule has 5 aliphatic rings. The van der Waals surface area contributed by atoms with E-state index >= 15 is 0 Å². The largest absolute Gasteiger partial charge is 0.481 e. The predicted molar refractivity (Wildman–Crippen MR) is 263 cm³/mol. The van der Waals surface area contributed by atoms with Crippen LogP contribution in [0.4, 0.5) is 0 Å². The number of aliphatic hydroxyl groups is 3. The van der Waals surface area contributed by atoms with Crippen molar-refractivity contribution in [3.63, 3.8) is 0 Å². The number of carboxylic acids is 1. The van der Waals surface area contributed by atoms with Gasteiger partial charge in [-0.3, -0.25) is 38.8 Å². The van der Waals surface area contributed by atoms with Gasteiger partial charge in [0.1, 0.15) is 16.8 Å². The minimum absolute atomic E-state index is 0.0554. The summed E-state index contributed by atoms with van der Waals surface area (Å²) in [5, 5.41) is 45.1. The molecule has 0 bridgehead atoms. The van der Waals surface area contributed by atoms with Gasteiger partial charge in [0.15, 0.2) is 0 Å². The van der Waals surface area contributed by atoms with Gasteiger partial charge in [-0.2, -0.15) is 0 Å². The number of fused-ring (bicyclic) bond motifs is 5. The number of aliphatic hydroxyl groups excluding tert-OH is 3. The molecule has 12 atom stereocenters. The number of carboxylic acid groups (broad SMARTS) is 1. The van der Waals surface area contributed by atoms with E-state index in [1.165, 1.54) is 0 Å². The van der Waals surface area contributed by atoms with E-state index < -0.39 is 41.1 Å². The summed E-state index contributed by atoms with van der Waals surface area (Å²) < 4.78 is 23.7. The van der Waals surface area contributed by atoms with Crippen molar-refractivity contribution in [2.45, 2.75) is 182 Å². The van der Waals surface area contributed by atoms with Gasteiger partial charge in [0.2, 0.25) is 0 Å². The van der Waals surface area contributed by atoms with Crippen LogP contribution in [0, 0.1) is 46.3 Å². The number of β-amino-alcohol motifs (C(OH)–C–C–N with tert-alkyl or cyclic N) is 1. The first-order chi connectivity index (χ1) is 32.0. The maximum atomic E-state index is 13.2. The second-order valence-corrected chi connectivity index (χ2v) is 25.3. The monoisotopic (exact) mass is 979 g/mol. The number of hydrogen-bond acceptors (Lipinski definition) is 15. The second kappa shape index (κ2) is 23.6. The summed E-state index contributed by atoms with van der Waals surface area (Å²) in [6.07, 6.45) is 4.64. The third kappa shape index (κ3) is 16.3. The molecular weight excluding hydrogens is 885 g/mol. The molecule has 0 radical (unpaired) electrons. The average Bonchev–Trinajstić information content (AvgIpc) is 3.56. The first kappa shape index (κ1) is 57.5. The molecule has 398 valence electrons. The standard InChI is InChI=1S/C53H94N4O12/c1-35(13-16-44(61)62)39-14-15-40-48-41(29-43(60)53(39,40)12)52(11)18-17-38(27-36(52)28-42(48)59)66-34-37(58)30-54-19-21-55(31-45(63)67-49(2,3)4)23-25-57(33-47(65)69-51(8,9)10)26-24-56(22-20-54)32-46(64)68-50(5,6)7/h35-43,48,58-60H,13-34H2,1-12H3,(H,61,62)/t35-,36+,37?,38-,39-,40+,41+,42-,43+,48+,52+,53-/m1/s1. The van der Waals surface area contributed by atoms with E-state index in [0.717, 1.165) is 32.1 Å². The Morgan fingerprint density at radius 2 is 1.12 bits per heavy atom. The highest BCUT2D eigenvalue weighted by molar-refractivity contribution is 5.73. The molecule has 1 heterocycles. The molecule has 0 aromatic rings. The Morgan fingerprint density at radius 1 is 0.652 bits per heavy atom. The number of rotatable bonds is 15. The molecule has 1 aliphatic heterocycles. The smallest absolute Gasteiger partial charge is 0.320 e. The van der Waals surface area contributed by atoms with E-state index in [1.807, 2.05) is 77.0 Å². The normalized spacial score (nSPS) is 33.7. The van der Waals surface area contributed by atoms with E-state index in [9.17, 15) is 39.6 Å². The predicted octanol–water partition coefficient (Wildman–Crippen LogP) is 5.08. The van der Waals surface area contributed by atoms with Gasteiger partial charge in [-0.1, -0.05) is 20.8 Å². The number of carbonyl (C=O) groups is 4. The maximum absolute atomic E-state index is 13.2. The molecule has 0 spiro atoms. The van der Waals surface area contributed by atoms with Crippen LogP contribution in [0.25, 0.3) is 0 Å². The molecule has 5 rings (SSSR count). The van der Waals surface area contributed by atoms with Crippen LogP contribution < -0.4 is 0 Å². The summed E-state index contributed by atoms with van der Waals surface area (Å²) in [5.41, 5.74) is -2.35. The lowest BCUT2D eigenvalue weighted by molar-refractivity contribution is -0.210. The summed E-state index contributed by atoms with van der Waals surface area (Å²) in [7, 11) is 0. The van der Waals surface area contributed by atoms with Crippen molar-refractivity contribution in [2.75, 3.05) is 85.1 Å². The maximum Gasteiger partial charge on any atom is 0.320 e. The van der Waals surface area contributed by atoms with Crippen molar-refractivity contribution in [3.05, 3.63) is 0 Å². The van der Waals surface area contributed by atoms with Crippen LogP contribution in [0.5, 0.6) is 0 Å². The Kier molecular flexibility index (Phi) is 19.7. The van der Waals surface area contributed by atoms with Crippen LogP contribution in [0.15, 0.2) is 0 Å². The van der Waals surface area contributed by atoms with Crippen molar-refractivity contribution in [2.24, 2.45) is 46.3 Å². The number of nitrogens with zero attached hydrogens (tertiary/aromatic N) is 4. The Bertz CT molecular complexity index is 1670. The van der Waals surface area contributed by atoms with E-state index in [4.69, 9.17) is 18.9 Å². The van der Waals surface area contributed by atoms with Crippen LogP contribution in [0.1, 0.15) is 141 Å². The topological polar surface area (TPSA) is 199 Å². The van der Waals surface area contributed by atoms with Crippen LogP contribution in [-0.2, 0) is 38.1 Å². The van der Waals surface area contributed by atoms with Gasteiger partial charge >= 0.3 is 23.9 Å². The lowest BCUT2D eigenvalue weighted by Gasteiger charge is -2.63. The number of esters is 3. The quantitative estimate of drug-likeness (QED) is 0.125. The van der Waals surface area contributed by atoms with Crippen LogP contribution >= 0.6 is 0 Å². The molecule has 0 amide bonds. The van der Waals surface area contributed by atoms with Crippen molar-refractivity contribution in [1.29, 1.82) is 0 Å². The Labute approximate surface area is 414 Å². The molecular formula is C53H94N4O12. The highest BCUT2D eigenvalue weighted by atomic mass is 16.6. The van der Waals surface area contributed by atoms with E-state index in [0.29, 0.717) is 78.2 Å². The van der Waals surface area contributed by atoms with Gasteiger partial charge in [0.25, 0.3) is 0 Å². The summed E-state index contributed by atoms with van der Waals surface area (Å²) in [6, 6.07) is 0. The molecule has 4 saturated carbocycles. The zero-order valence-electron chi connectivity index (χ0n) is 44.7. The second-order valence-electron chi connectivity index (χ2n) is 25.3. The molecule has 4 aliphatic carbocycles. The summed E-state index contributed by atoms with van der Waals surface area (Å²) in [5.74, 6) is -0.705. The van der Waals surface area contributed by atoms with Crippen LogP contribution in [-0.4, -0.2) is 190 Å². The number of ether oxygens (including phenoxy) is 4. The van der Waals surface area contributed by atoms with Gasteiger partial charge in [0.05, 0.1) is 50.7 Å². The minimum atomic E-state index is -0.810. The molecule has 5 fully saturated rings. The Morgan fingerprint density at radius 3 is 1.57 bits per heavy atom. The first-order valence-corrected chi connectivity index (χ1v) is 26.4. The van der Waals surface area contributed by atoms with E-state index in [1.54, 1.807) is 0 Å². The minimum Gasteiger partial charge on any atom is -0.481 e. The molecule has 1 unspecified atom stereocenters. The van der Waals surface area contributed by atoms with Gasteiger partial charge in [0, 0.05) is 65.3 Å². The number of aliphatic carboxylic acids is 1. The van der Waals surface area contributed by atoms with Gasteiger partial charge in [-0.25, -0.2) is 0 Å². The summed E-state index contributed by atoms with van der Waals surface area (Å²) >= 11 is 0. The first-order valence-electron chi connectivity index (χ1n) is 26.4. The SMILES string of the molecule is C[C@H](CCC(=O)O)[C@H]1CC[C@H]2[C@@H]3[C@H](O)C[C@@H]4C[C@H](OCC(O)CN5CCN(CC(=O)OC(C)(C)C)CCN(CC(=O)OC(C)(C)C)CCN(CC(=O)OC(C)(C)C)CC5)CC[C@]4(C)[C@H]3C[C@H](O)[C@]12C. The molecule has 1 saturated heterocycles. The zero-order chi connectivity index (χ0) is 51.3. The van der Waals surface area contributed by atoms with Crippen molar-refractivity contribution in [1.82, 2.24) is 19.6 Å². The Balaban J connectivity index is 1.24. The highest BCUT2D eigenvalue weighted by Gasteiger charge is 2.65. The fourth-order valence-corrected chi connectivity index (χ4v) is 13.3. The molecule has 0 aromatic carbocycles. The number of hydrogen-bond donors (Lipinski definition) is 4. The molecule has 4 N–H and O–H groups in total. The van der Waals surface area contributed by atoms with E-state index in [2.05, 4.69) is 25.7 Å². The summed E-state index contributed by atoms with van der Waals surface area (Å²) in [4.78, 5) is 59.1. The molecule has 16 heteroatoms. The summed E-state index contributed by atoms with van der Waals surface area (Å²) in [6.45, 7) is 27.8.